The Morgan fingerprint density at radius 2 is 2.38 bits per heavy atom. The van der Waals surface area contributed by atoms with E-state index in [9.17, 15) is 9.90 Å². The number of carboxylic acid groups (broad SMARTS) is 1. The van der Waals surface area contributed by atoms with Crippen molar-refractivity contribution in [3.8, 4) is 5.75 Å². The van der Waals surface area contributed by atoms with Crippen LogP contribution in [-0.4, -0.2) is 23.9 Å². The lowest BCUT2D eigenvalue weighted by molar-refractivity contribution is -0.139. The molecule has 0 spiro atoms. The first-order chi connectivity index (χ1) is 7.72. The summed E-state index contributed by atoms with van der Waals surface area (Å²) in [7, 11) is 1.60. The quantitative estimate of drug-likeness (QED) is 0.860. The summed E-state index contributed by atoms with van der Waals surface area (Å²) in [5.74, 6) is 0.591. The van der Waals surface area contributed by atoms with E-state index in [2.05, 4.69) is 0 Å². The molecule has 0 amide bonds. The summed E-state index contributed by atoms with van der Waals surface area (Å²) in [6, 6.07) is 5.70. The van der Waals surface area contributed by atoms with Crippen molar-refractivity contribution in [2.24, 2.45) is 0 Å². The fourth-order valence-electron chi connectivity index (χ4n) is 1.94. The van der Waals surface area contributed by atoms with Crippen molar-refractivity contribution in [1.29, 1.82) is 0 Å². The van der Waals surface area contributed by atoms with Crippen molar-refractivity contribution in [2.45, 2.75) is 23.7 Å². The number of benzene rings is 1. The summed E-state index contributed by atoms with van der Waals surface area (Å²) in [6.07, 6.45) is 1.65. The molecule has 0 saturated heterocycles. The summed E-state index contributed by atoms with van der Waals surface area (Å²) in [5, 5.41) is 9.22. The predicted octanol–water partition coefficient (Wildman–Crippen LogP) is 2.75. The Morgan fingerprint density at radius 1 is 1.56 bits per heavy atom. The van der Waals surface area contributed by atoms with Crippen molar-refractivity contribution < 1.29 is 14.6 Å². The normalized spacial score (nSPS) is 19.7. The number of carboxylic acids is 1. The highest BCUT2D eigenvalue weighted by atomic mass is 32.2. The molecule has 1 aliphatic heterocycles. The fourth-order valence-corrected chi connectivity index (χ4v) is 3.00. The number of thioether (sulfide) groups is 1. The Bertz CT molecular complexity index is 403. The zero-order valence-corrected chi connectivity index (χ0v) is 9.92. The summed E-state index contributed by atoms with van der Waals surface area (Å²) in [5.41, 5.74) is 0.898. The first kappa shape index (κ1) is 11.3. The summed E-state index contributed by atoms with van der Waals surface area (Å²) in [4.78, 5) is 12.3. The minimum absolute atomic E-state index is 0.389. The predicted molar refractivity (Wildman–Crippen MR) is 63.3 cm³/mol. The average molecular weight is 238 g/mol. The summed E-state index contributed by atoms with van der Waals surface area (Å²) in [6.45, 7) is 0. The molecular formula is C12H14O3S. The number of methoxy groups -OCH3 is 1. The number of rotatable bonds is 2. The van der Waals surface area contributed by atoms with Crippen molar-refractivity contribution in [2.75, 3.05) is 12.9 Å². The molecule has 0 fully saturated rings. The van der Waals surface area contributed by atoms with Crippen LogP contribution in [0.15, 0.2) is 23.1 Å². The number of aliphatic carboxylic acids is 1. The zero-order valence-electron chi connectivity index (χ0n) is 9.10. The van der Waals surface area contributed by atoms with Crippen molar-refractivity contribution in [3.05, 3.63) is 23.8 Å². The molecule has 4 heteroatoms. The molecule has 1 aliphatic rings. The van der Waals surface area contributed by atoms with Crippen LogP contribution >= 0.6 is 11.8 Å². The molecule has 1 unspecified atom stereocenters. The van der Waals surface area contributed by atoms with Crippen LogP contribution in [0.2, 0.25) is 0 Å². The lowest BCUT2D eigenvalue weighted by Crippen LogP contribution is -2.11. The van der Waals surface area contributed by atoms with Gasteiger partial charge in [0, 0.05) is 4.90 Å². The lowest BCUT2D eigenvalue weighted by Gasteiger charge is -2.13. The maximum atomic E-state index is 11.2. The van der Waals surface area contributed by atoms with E-state index in [4.69, 9.17) is 4.74 Å². The average Bonchev–Trinajstić information content (AvgIpc) is 2.49. The first-order valence-corrected chi connectivity index (χ1v) is 6.24. The van der Waals surface area contributed by atoms with E-state index < -0.39 is 5.97 Å². The van der Waals surface area contributed by atoms with E-state index in [0.717, 1.165) is 28.4 Å². The molecule has 0 aromatic heterocycles. The van der Waals surface area contributed by atoms with Gasteiger partial charge in [0.15, 0.2) is 0 Å². The highest BCUT2D eigenvalue weighted by molar-refractivity contribution is 7.99. The smallest absolute Gasteiger partial charge is 0.311 e. The monoisotopic (exact) mass is 238 g/mol. The minimum atomic E-state index is -0.739. The summed E-state index contributed by atoms with van der Waals surface area (Å²) >= 11 is 1.73. The van der Waals surface area contributed by atoms with E-state index in [1.807, 2.05) is 18.2 Å². The molecule has 1 heterocycles. The molecule has 1 atom stereocenters. The van der Waals surface area contributed by atoms with Crippen molar-refractivity contribution in [3.63, 3.8) is 0 Å². The standard InChI is InChI=1S/C12H14O3S/c1-15-8-4-5-11-10(7-8)9(12(13)14)3-2-6-16-11/h4-5,7,9H,2-3,6H2,1H3,(H,13,14). The SMILES string of the molecule is COc1ccc2c(c1)C(C(=O)O)CCCS2. The highest BCUT2D eigenvalue weighted by Gasteiger charge is 2.25. The van der Waals surface area contributed by atoms with Crippen LogP contribution in [0, 0.1) is 0 Å². The van der Waals surface area contributed by atoms with Gasteiger partial charge in [-0.2, -0.15) is 0 Å². The second-order valence-electron chi connectivity index (χ2n) is 3.79. The zero-order chi connectivity index (χ0) is 11.5. The molecule has 1 N–H and O–H groups in total. The topological polar surface area (TPSA) is 46.5 Å². The van der Waals surface area contributed by atoms with E-state index >= 15 is 0 Å². The molecule has 0 radical (unpaired) electrons. The van der Waals surface area contributed by atoms with Gasteiger partial charge in [0.1, 0.15) is 5.75 Å². The molecular weight excluding hydrogens is 224 g/mol. The number of hydrogen-bond donors (Lipinski definition) is 1. The van der Waals surface area contributed by atoms with E-state index in [0.29, 0.717) is 6.42 Å². The molecule has 1 aromatic carbocycles. The van der Waals surface area contributed by atoms with Gasteiger partial charge in [-0.05, 0) is 42.4 Å². The largest absolute Gasteiger partial charge is 0.497 e. The van der Waals surface area contributed by atoms with Gasteiger partial charge in [0.05, 0.1) is 13.0 Å². The molecule has 0 aliphatic carbocycles. The second-order valence-corrected chi connectivity index (χ2v) is 4.92. The van der Waals surface area contributed by atoms with Gasteiger partial charge < -0.3 is 9.84 Å². The second kappa shape index (κ2) is 4.78. The lowest BCUT2D eigenvalue weighted by atomic mass is 9.94. The van der Waals surface area contributed by atoms with Gasteiger partial charge in [-0.1, -0.05) is 0 Å². The van der Waals surface area contributed by atoms with Crippen molar-refractivity contribution in [1.82, 2.24) is 0 Å². The Morgan fingerprint density at radius 3 is 3.06 bits per heavy atom. The molecule has 0 saturated carbocycles. The Labute approximate surface area is 98.8 Å². The summed E-state index contributed by atoms with van der Waals surface area (Å²) < 4.78 is 5.15. The molecule has 16 heavy (non-hydrogen) atoms. The van der Waals surface area contributed by atoms with E-state index in [1.165, 1.54) is 0 Å². The number of ether oxygens (including phenoxy) is 1. The van der Waals surface area contributed by atoms with Gasteiger partial charge in [-0.3, -0.25) is 4.79 Å². The minimum Gasteiger partial charge on any atom is -0.497 e. The third-order valence-corrected chi connectivity index (χ3v) is 3.96. The van der Waals surface area contributed by atoms with E-state index in [-0.39, 0.29) is 5.92 Å². The third-order valence-electron chi connectivity index (χ3n) is 2.79. The Kier molecular flexibility index (Phi) is 3.39. The first-order valence-electron chi connectivity index (χ1n) is 5.26. The number of carbonyl (C=O) groups is 1. The van der Waals surface area contributed by atoms with Crippen molar-refractivity contribution >= 4 is 17.7 Å². The maximum absolute atomic E-state index is 11.2. The molecule has 86 valence electrons. The van der Waals surface area contributed by atoms with Gasteiger partial charge >= 0.3 is 5.97 Å². The van der Waals surface area contributed by atoms with Crippen LogP contribution in [-0.2, 0) is 4.79 Å². The van der Waals surface area contributed by atoms with Gasteiger partial charge in [0.2, 0.25) is 0 Å². The number of hydrogen-bond acceptors (Lipinski definition) is 3. The third kappa shape index (κ3) is 2.16. The van der Waals surface area contributed by atoms with Crippen LogP contribution < -0.4 is 4.74 Å². The molecule has 3 nitrogen and oxygen atoms in total. The maximum Gasteiger partial charge on any atom is 0.311 e. The highest BCUT2D eigenvalue weighted by Crippen LogP contribution is 2.38. The van der Waals surface area contributed by atoms with Gasteiger partial charge in [-0.15, -0.1) is 11.8 Å². The molecule has 2 rings (SSSR count). The number of fused-ring (bicyclic) bond motifs is 1. The van der Waals surface area contributed by atoms with Crippen LogP contribution in [0.3, 0.4) is 0 Å². The van der Waals surface area contributed by atoms with Crippen LogP contribution in [0.5, 0.6) is 5.75 Å². The van der Waals surface area contributed by atoms with E-state index in [1.54, 1.807) is 18.9 Å². The van der Waals surface area contributed by atoms with Gasteiger partial charge in [0.25, 0.3) is 0 Å². The van der Waals surface area contributed by atoms with Gasteiger partial charge in [-0.25, -0.2) is 0 Å². The van der Waals surface area contributed by atoms with Crippen LogP contribution in [0.4, 0.5) is 0 Å². The Balaban J connectivity index is 2.44. The van der Waals surface area contributed by atoms with Crippen LogP contribution in [0.25, 0.3) is 0 Å². The fraction of sp³-hybridized carbons (Fsp3) is 0.417. The molecule has 0 bridgehead atoms. The Hall–Kier alpha value is -1.16. The van der Waals surface area contributed by atoms with Crippen LogP contribution in [0.1, 0.15) is 24.3 Å². The molecule has 1 aromatic rings.